The fraction of sp³-hybridized carbons (Fsp3) is 0.0952. The molecule has 3 aromatic carbocycles. The fourth-order valence-electron chi connectivity index (χ4n) is 2.46. The van der Waals surface area contributed by atoms with E-state index in [9.17, 15) is 4.79 Å². The SMILES string of the molecule is Cc1ccc(NC(=O)C(Sc2ccccc2)c2ccccc2)c(Br)c1. The van der Waals surface area contributed by atoms with E-state index < -0.39 is 0 Å². The van der Waals surface area contributed by atoms with Gasteiger partial charge in [-0.25, -0.2) is 0 Å². The van der Waals surface area contributed by atoms with Crippen molar-refractivity contribution in [1.82, 2.24) is 0 Å². The summed E-state index contributed by atoms with van der Waals surface area (Å²) in [5, 5.41) is 2.73. The summed E-state index contributed by atoms with van der Waals surface area (Å²) >= 11 is 5.08. The predicted molar refractivity (Wildman–Crippen MR) is 109 cm³/mol. The number of halogens is 1. The second-order valence-electron chi connectivity index (χ2n) is 5.69. The number of carbonyl (C=O) groups is 1. The van der Waals surface area contributed by atoms with E-state index in [2.05, 4.69) is 21.2 Å². The molecule has 0 fully saturated rings. The van der Waals surface area contributed by atoms with Gasteiger partial charge < -0.3 is 5.32 Å². The first-order valence-electron chi connectivity index (χ1n) is 7.97. The number of rotatable bonds is 5. The number of hydrogen-bond acceptors (Lipinski definition) is 2. The van der Waals surface area contributed by atoms with Crippen LogP contribution in [0.5, 0.6) is 0 Å². The van der Waals surface area contributed by atoms with Crippen LogP contribution in [0.15, 0.2) is 88.2 Å². The summed E-state index contributed by atoms with van der Waals surface area (Å²) < 4.78 is 0.886. The number of aryl methyl sites for hydroxylation is 1. The summed E-state index contributed by atoms with van der Waals surface area (Å²) in [6.45, 7) is 2.02. The molecule has 0 aliphatic heterocycles. The standard InChI is InChI=1S/C21H18BrNOS/c1-15-12-13-19(18(22)14-15)23-21(24)20(16-8-4-2-5-9-16)25-17-10-6-3-7-11-17/h2-14,20H,1H3,(H,23,24). The van der Waals surface area contributed by atoms with Crippen LogP contribution in [-0.2, 0) is 4.79 Å². The molecular formula is C21H18BrNOS. The Bertz CT molecular complexity index is 852. The molecule has 25 heavy (non-hydrogen) atoms. The molecule has 1 atom stereocenters. The van der Waals surface area contributed by atoms with Crippen LogP contribution < -0.4 is 5.32 Å². The van der Waals surface area contributed by atoms with Crippen molar-refractivity contribution in [2.24, 2.45) is 0 Å². The molecule has 1 unspecified atom stereocenters. The molecule has 126 valence electrons. The Morgan fingerprint density at radius 1 is 0.960 bits per heavy atom. The molecule has 0 aliphatic rings. The highest BCUT2D eigenvalue weighted by Gasteiger charge is 2.22. The van der Waals surface area contributed by atoms with Crippen molar-refractivity contribution in [3.8, 4) is 0 Å². The van der Waals surface area contributed by atoms with Gasteiger partial charge in [-0.1, -0.05) is 54.6 Å². The lowest BCUT2D eigenvalue weighted by atomic mass is 10.1. The first-order valence-corrected chi connectivity index (χ1v) is 9.64. The maximum atomic E-state index is 13.0. The average molecular weight is 412 g/mol. The summed E-state index contributed by atoms with van der Waals surface area (Å²) in [5.74, 6) is -0.0374. The number of anilines is 1. The van der Waals surface area contributed by atoms with E-state index in [0.717, 1.165) is 26.2 Å². The minimum Gasteiger partial charge on any atom is -0.324 e. The van der Waals surface area contributed by atoms with Gasteiger partial charge in [0.25, 0.3) is 0 Å². The summed E-state index contributed by atoms with van der Waals surface area (Å²) in [6, 6.07) is 25.8. The summed E-state index contributed by atoms with van der Waals surface area (Å²) in [7, 11) is 0. The largest absolute Gasteiger partial charge is 0.324 e. The zero-order valence-corrected chi connectivity index (χ0v) is 16.2. The zero-order valence-electron chi connectivity index (χ0n) is 13.8. The number of nitrogens with one attached hydrogen (secondary N) is 1. The second kappa shape index (κ2) is 8.37. The molecule has 1 amide bonds. The Labute approximate surface area is 160 Å². The van der Waals surface area contributed by atoms with Crippen molar-refractivity contribution in [2.45, 2.75) is 17.1 Å². The Morgan fingerprint density at radius 2 is 1.60 bits per heavy atom. The second-order valence-corrected chi connectivity index (χ2v) is 7.73. The Morgan fingerprint density at radius 3 is 2.24 bits per heavy atom. The van der Waals surface area contributed by atoms with Crippen molar-refractivity contribution in [1.29, 1.82) is 0 Å². The third kappa shape index (κ3) is 4.74. The van der Waals surface area contributed by atoms with Gasteiger partial charge in [0.2, 0.25) is 5.91 Å². The lowest BCUT2D eigenvalue weighted by Gasteiger charge is -2.18. The van der Waals surface area contributed by atoms with E-state index in [1.807, 2.05) is 85.8 Å². The maximum absolute atomic E-state index is 13.0. The fourth-order valence-corrected chi connectivity index (χ4v) is 4.09. The van der Waals surface area contributed by atoms with Gasteiger partial charge in [0.15, 0.2) is 0 Å². The van der Waals surface area contributed by atoms with Crippen molar-refractivity contribution in [3.63, 3.8) is 0 Å². The van der Waals surface area contributed by atoms with Gasteiger partial charge in [-0.3, -0.25) is 4.79 Å². The molecule has 0 spiro atoms. The van der Waals surface area contributed by atoms with Gasteiger partial charge in [-0.15, -0.1) is 11.8 Å². The van der Waals surface area contributed by atoms with E-state index in [0.29, 0.717) is 0 Å². The van der Waals surface area contributed by atoms with Crippen molar-refractivity contribution < 1.29 is 4.79 Å². The number of thioether (sulfide) groups is 1. The molecule has 0 heterocycles. The van der Waals surface area contributed by atoms with Gasteiger partial charge >= 0.3 is 0 Å². The van der Waals surface area contributed by atoms with Crippen molar-refractivity contribution in [2.75, 3.05) is 5.32 Å². The highest BCUT2D eigenvalue weighted by Crippen LogP contribution is 2.36. The molecule has 4 heteroatoms. The molecule has 0 saturated heterocycles. The summed E-state index contributed by atoms with van der Waals surface area (Å²) in [4.78, 5) is 14.1. The lowest BCUT2D eigenvalue weighted by Crippen LogP contribution is -2.19. The minimum atomic E-state index is -0.322. The van der Waals surface area contributed by atoms with E-state index in [-0.39, 0.29) is 11.2 Å². The summed E-state index contributed by atoms with van der Waals surface area (Å²) in [5.41, 5.74) is 2.91. The minimum absolute atomic E-state index is 0.0374. The van der Waals surface area contributed by atoms with Crippen LogP contribution in [0.3, 0.4) is 0 Å². The normalized spacial score (nSPS) is 11.8. The van der Waals surface area contributed by atoms with E-state index in [1.165, 1.54) is 0 Å². The topological polar surface area (TPSA) is 29.1 Å². The van der Waals surface area contributed by atoms with Crippen LogP contribution in [0.4, 0.5) is 5.69 Å². The van der Waals surface area contributed by atoms with Gasteiger partial charge in [-0.05, 0) is 58.2 Å². The van der Waals surface area contributed by atoms with Gasteiger partial charge in [0.1, 0.15) is 5.25 Å². The number of carbonyl (C=O) groups excluding carboxylic acids is 1. The molecule has 0 aliphatic carbocycles. The smallest absolute Gasteiger partial charge is 0.242 e. The number of hydrogen-bond donors (Lipinski definition) is 1. The third-order valence-electron chi connectivity index (χ3n) is 3.72. The quantitative estimate of drug-likeness (QED) is 0.504. The van der Waals surface area contributed by atoms with Crippen molar-refractivity contribution >= 4 is 39.3 Å². The number of amides is 1. The molecule has 0 saturated carbocycles. The van der Waals surface area contributed by atoms with Crippen LogP contribution in [0.2, 0.25) is 0 Å². The average Bonchev–Trinajstić information content (AvgIpc) is 2.63. The van der Waals surface area contributed by atoms with Crippen molar-refractivity contribution in [3.05, 3.63) is 94.5 Å². The molecular weight excluding hydrogens is 394 g/mol. The van der Waals surface area contributed by atoms with E-state index in [4.69, 9.17) is 0 Å². The molecule has 1 N–H and O–H groups in total. The third-order valence-corrected chi connectivity index (χ3v) is 5.64. The molecule has 0 radical (unpaired) electrons. The molecule has 3 rings (SSSR count). The number of benzene rings is 3. The monoisotopic (exact) mass is 411 g/mol. The van der Waals surface area contributed by atoms with Crippen LogP contribution in [-0.4, -0.2) is 5.91 Å². The van der Waals surface area contributed by atoms with Crippen LogP contribution >= 0.6 is 27.7 Å². The van der Waals surface area contributed by atoms with Gasteiger partial charge in [0.05, 0.1) is 5.69 Å². The molecule has 2 nitrogen and oxygen atoms in total. The van der Waals surface area contributed by atoms with Crippen LogP contribution in [0, 0.1) is 6.92 Å². The van der Waals surface area contributed by atoms with Crippen LogP contribution in [0.1, 0.15) is 16.4 Å². The Kier molecular flexibility index (Phi) is 5.95. The first-order chi connectivity index (χ1) is 12.1. The van der Waals surface area contributed by atoms with E-state index >= 15 is 0 Å². The van der Waals surface area contributed by atoms with Gasteiger partial charge in [-0.2, -0.15) is 0 Å². The highest BCUT2D eigenvalue weighted by atomic mass is 79.9. The van der Waals surface area contributed by atoms with E-state index in [1.54, 1.807) is 11.8 Å². The predicted octanol–water partition coefficient (Wildman–Crippen LogP) is 6.23. The lowest BCUT2D eigenvalue weighted by molar-refractivity contribution is -0.115. The summed E-state index contributed by atoms with van der Waals surface area (Å²) in [6.07, 6.45) is 0. The molecule has 0 bridgehead atoms. The Balaban J connectivity index is 1.87. The first kappa shape index (κ1) is 17.8. The zero-order chi connectivity index (χ0) is 17.6. The Hall–Kier alpha value is -2.04. The highest BCUT2D eigenvalue weighted by molar-refractivity contribution is 9.10. The maximum Gasteiger partial charge on any atom is 0.242 e. The van der Waals surface area contributed by atoms with Crippen LogP contribution in [0.25, 0.3) is 0 Å². The molecule has 3 aromatic rings. The van der Waals surface area contributed by atoms with Gasteiger partial charge in [0, 0.05) is 9.37 Å². The molecule has 0 aromatic heterocycles.